The fourth-order valence-electron chi connectivity index (χ4n) is 2.79. The van der Waals surface area contributed by atoms with Gasteiger partial charge >= 0.3 is 0 Å². The van der Waals surface area contributed by atoms with Crippen LogP contribution in [-0.2, 0) is 10.0 Å². The highest BCUT2D eigenvalue weighted by molar-refractivity contribution is 7.89. The van der Waals surface area contributed by atoms with Gasteiger partial charge in [0.1, 0.15) is 17.7 Å². The fourth-order valence-corrected chi connectivity index (χ4v) is 4.13. The average molecular weight is 369 g/mol. The highest BCUT2D eigenvalue weighted by Gasteiger charge is 2.27. The third kappa shape index (κ3) is 4.70. The molecule has 1 aromatic carbocycles. The lowest BCUT2D eigenvalue weighted by molar-refractivity contribution is 0.138. The molecule has 9 heteroatoms. The molecule has 1 heterocycles. The summed E-state index contributed by atoms with van der Waals surface area (Å²) < 4.78 is 59.2. The zero-order valence-electron chi connectivity index (χ0n) is 13.2. The van der Waals surface area contributed by atoms with Gasteiger partial charge in [-0.05, 0) is 37.8 Å². The number of benzene rings is 1. The van der Waals surface area contributed by atoms with Crippen LogP contribution in [0.3, 0.4) is 0 Å². The second-order valence-corrected chi connectivity index (χ2v) is 7.58. The molecule has 25 heavy (non-hydrogen) atoms. The maximum atomic E-state index is 13.2. The Morgan fingerprint density at radius 3 is 2.32 bits per heavy atom. The summed E-state index contributed by atoms with van der Waals surface area (Å²) in [6.07, 6.45) is 6.94. The van der Waals surface area contributed by atoms with E-state index >= 15 is 0 Å². The first kappa shape index (κ1) is 17.7. The summed E-state index contributed by atoms with van der Waals surface area (Å²) >= 11 is 0. The molecule has 1 fully saturated rings. The lowest BCUT2D eigenvalue weighted by Crippen LogP contribution is -2.39. The lowest BCUT2D eigenvalue weighted by Gasteiger charge is -2.28. The fraction of sp³-hybridized carbons (Fsp3) is 0.375. The second-order valence-electron chi connectivity index (χ2n) is 5.86. The third-order valence-corrected chi connectivity index (χ3v) is 5.47. The first-order valence-electron chi connectivity index (χ1n) is 7.83. The van der Waals surface area contributed by atoms with Crippen molar-refractivity contribution in [3.05, 3.63) is 48.4 Å². The normalized spacial score (nSPS) is 21.0. The third-order valence-electron chi connectivity index (χ3n) is 3.97. The van der Waals surface area contributed by atoms with Gasteiger partial charge in [-0.1, -0.05) is 0 Å². The number of nitrogens with one attached hydrogen (secondary N) is 1. The molecule has 0 aliphatic heterocycles. The average Bonchev–Trinajstić information content (AvgIpc) is 2.56. The zero-order chi connectivity index (χ0) is 17.9. The van der Waals surface area contributed by atoms with E-state index in [0.29, 0.717) is 37.6 Å². The molecule has 1 aromatic heterocycles. The van der Waals surface area contributed by atoms with Crippen LogP contribution in [0.25, 0.3) is 0 Å². The van der Waals surface area contributed by atoms with E-state index in [1.165, 1.54) is 12.4 Å². The lowest BCUT2D eigenvalue weighted by atomic mass is 9.94. The van der Waals surface area contributed by atoms with Crippen LogP contribution in [0.15, 0.2) is 41.7 Å². The van der Waals surface area contributed by atoms with Crippen molar-refractivity contribution < 1.29 is 21.9 Å². The molecule has 0 radical (unpaired) electrons. The maximum Gasteiger partial charge on any atom is 0.241 e. The molecule has 1 saturated carbocycles. The van der Waals surface area contributed by atoms with Gasteiger partial charge < -0.3 is 4.74 Å². The summed E-state index contributed by atoms with van der Waals surface area (Å²) in [5, 5.41) is 0. The van der Waals surface area contributed by atoms with Gasteiger partial charge in [0.05, 0.1) is 11.1 Å². The Kier molecular flexibility index (Phi) is 5.24. The van der Waals surface area contributed by atoms with E-state index in [9.17, 15) is 17.2 Å². The highest BCUT2D eigenvalue weighted by atomic mass is 32.2. The summed E-state index contributed by atoms with van der Waals surface area (Å²) in [6.45, 7) is 0. The Balaban J connectivity index is 1.58. The summed E-state index contributed by atoms with van der Waals surface area (Å²) in [6, 6.07) is 1.93. The predicted octanol–water partition coefficient (Wildman–Crippen LogP) is 2.42. The zero-order valence-corrected chi connectivity index (χ0v) is 14.0. The van der Waals surface area contributed by atoms with Crippen molar-refractivity contribution in [1.29, 1.82) is 0 Å². The van der Waals surface area contributed by atoms with Crippen LogP contribution in [0.1, 0.15) is 25.7 Å². The molecule has 0 atom stereocenters. The first-order chi connectivity index (χ1) is 11.9. The van der Waals surface area contributed by atoms with Gasteiger partial charge in [0.15, 0.2) is 0 Å². The SMILES string of the molecule is O=S(=O)(NC1CCC(Oc2cnccn2)CC1)c1cc(F)cc(F)c1. The minimum atomic E-state index is -3.97. The smallest absolute Gasteiger partial charge is 0.241 e. The van der Waals surface area contributed by atoms with Gasteiger partial charge in [0, 0.05) is 24.5 Å². The molecule has 0 bridgehead atoms. The highest BCUT2D eigenvalue weighted by Crippen LogP contribution is 2.24. The van der Waals surface area contributed by atoms with E-state index in [2.05, 4.69) is 14.7 Å². The molecular weight excluding hydrogens is 352 g/mol. The second kappa shape index (κ2) is 7.40. The minimum Gasteiger partial charge on any atom is -0.473 e. The molecule has 1 aliphatic carbocycles. The van der Waals surface area contributed by atoms with Gasteiger partial charge in [-0.3, -0.25) is 4.98 Å². The summed E-state index contributed by atoms with van der Waals surface area (Å²) in [5.41, 5.74) is 0. The van der Waals surface area contributed by atoms with Gasteiger partial charge in [-0.25, -0.2) is 26.9 Å². The van der Waals surface area contributed by atoms with Crippen molar-refractivity contribution in [1.82, 2.24) is 14.7 Å². The Bertz CT molecular complexity index is 806. The standard InChI is InChI=1S/C16H17F2N3O3S/c17-11-7-12(18)9-15(8-11)25(22,23)21-13-1-3-14(4-2-13)24-16-10-19-5-6-20-16/h5-10,13-14,21H,1-4H2. The topological polar surface area (TPSA) is 81.2 Å². The Labute approximate surface area is 144 Å². The van der Waals surface area contributed by atoms with Gasteiger partial charge in [0.2, 0.25) is 15.9 Å². The summed E-state index contributed by atoms with van der Waals surface area (Å²) in [5.74, 6) is -1.43. The van der Waals surface area contributed by atoms with Gasteiger partial charge in [-0.15, -0.1) is 0 Å². The number of rotatable bonds is 5. The van der Waals surface area contributed by atoms with Crippen LogP contribution in [0, 0.1) is 11.6 Å². The summed E-state index contributed by atoms with van der Waals surface area (Å²) in [7, 11) is -3.97. The maximum absolute atomic E-state index is 13.2. The van der Waals surface area contributed by atoms with Crippen LogP contribution in [0.2, 0.25) is 0 Å². The van der Waals surface area contributed by atoms with Crippen LogP contribution >= 0.6 is 0 Å². The summed E-state index contributed by atoms with van der Waals surface area (Å²) in [4.78, 5) is 7.55. The van der Waals surface area contributed by atoms with E-state index in [1.807, 2.05) is 0 Å². The molecule has 0 saturated heterocycles. The van der Waals surface area contributed by atoms with Crippen molar-refractivity contribution in [3.63, 3.8) is 0 Å². The van der Waals surface area contributed by atoms with Crippen LogP contribution in [0.4, 0.5) is 8.78 Å². The number of aromatic nitrogens is 2. The molecule has 2 aromatic rings. The quantitative estimate of drug-likeness (QED) is 0.875. The number of ether oxygens (including phenoxy) is 1. The predicted molar refractivity (Wildman–Crippen MR) is 85.4 cm³/mol. The first-order valence-corrected chi connectivity index (χ1v) is 9.32. The van der Waals surface area contributed by atoms with Crippen LogP contribution in [0.5, 0.6) is 5.88 Å². The molecule has 6 nitrogen and oxygen atoms in total. The minimum absolute atomic E-state index is 0.0657. The van der Waals surface area contributed by atoms with Gasteiger partial charge in [0.25, 0.3) is 0 Å². The molecule has 1 aliphatic rings. The van der Waals surface area contributed by atoms with Crippen LogP contribution < -0.4 is 9.46 Å². The Hall–Kier alpha value is -2.13. The van der Waals surface area contributed by atoms with Gasteiger partial charge in [-0.2, -0.15) is 0 Å². The molecule has 1 N–H and O–H groups in total. The Morgan fingerprint density at radius 1 is 1.04 bits per heavy atom. The van der Waals surface area contributed by atoms with Crippen molar-refractivity contribution in [2.45, 2.75) is 42.7 Å². The number of nitrogens with zero attached hydrogens (tertiary/aromatic N) is 2. The molecule has 134 valence electrons. The molecule has 0 amide bonds. The number of sulfonamides is 1. The molecule has 0 unspecified atom stereocenters. The largest absolute Gasteiger partial charge is 0.473 e. The number of hydrogen-bond donors (Lipinski definition) is 1. The van der Waals surface area contributed by atoms with Crippen molar-refractivity contribution in [2.75, 3.05) is 0 Å². The van der Waals surface area contributed by atoms with E-state index in [4.69, 9.17) is 4.74 Å². The van der Waals surface area contributed by atoms with Crippen LogP contribution in [-0.4, -0.2) is 30.5 Å². The van der Waals surface area contributed by atoms with Crippen molar-refractivity contribution in [3.8, 4) is 5.88 Å². The number of halogens is 2. The van der Waals surface area contributed by atoms with E-state index in [0.717, 1.165) is 12.1 Å². The van der Waals surface area contributed by atoms with E-state index in [-0.39, 0.29) is 12.1 Å². The monoisotopic (exact) mass is 369 g/mol. The Morgan fingerprint density at radius 2 is 1.72 bits per heavy atom. The van der Waals surface area contributed by atoms with E-state index < -0.39 is 26.6 Å². The molecular formula is C16H17F2N3O3S. The molecule has 3 rings (SSSR count). The number of hydrogen-bond acceptors (Lipinski definition) is 5. The van der Waals surface area contributed by atoms with E-state index in [1.54, 1.807) is 6.20 Å². The van der Waals surface area contributed by atoms with Crippen molar-refractivity contribution in [2.24, 2.45) is 0 Å². The molecule has 0 spiro atoms. The van der Waals surface area contributed by atoms with Crippen molar-refractivity contribution >= 4 is 10.0 Å².